The highest BCUT2D eigenvalue weighted by molar-refractivity contribution is 6.31. The molecule has 0 saturated carbocycles. The van der Waals surface area contributed by atoms with E-state index in [1.165, 1.54) is 18.2 Å². The molecule has 0 unspecified atom stereocenters. The molecule has 0 aliphatic carbocycles. The molecule has 0 heterocycles. The van der Waals surface area contributed by atoms with Crippen molar-refractivity contribution in [1.82, 2.24) is 0 Å². The number of aliphatic hydroxyl groups is 1. The molecule has 3 N–H and O–H groups in total. The standard InChI is InChI=1S/C16H12ClNO3/c17-12-7-8-13(15(20)10-12)16(21)18-14-6-2-1-4-11(14)5-3-9-19/h1-2,4,6-8,10,19-20H,9H2,(H,18,21). The Labute approximate surface area is 127 Å². The molecule has 4 nitrogen and oxygen atoms in total. The van der Waals surface area contributed by atoms with E-state index in [-0.39, 0.29) is 17.9 Å². The molecule has 0 aliphatic heterocycles. The predicted octanol–water partition coefficient (Wildman–Crippen LogP) is 2.64. The first-order valence-electron chi connectivity index (χ1n) is 6.10. The lowest BCUT2D eigenvalue weighted by molar-refractivity contribution is 0.102. The van der Waals surface area contributed by atoms with Gasteiger partial charge in [0.25, 0.3) is 5.91 Å². The Morgan fingerprint density at radius 2 is 2.00 bits per heavy atom. The second kappa shape index (κ2) is 6.80. The number of amides is 1. The largest absolute Gasteiger partial charge is 0.507 e. The van der Waals surface area contributed by atoms with Gasteiger partial charge in [-0.3, -0.25) is 4.79 Å². The SMILES string of the molecule is O=C(Nc1ccccc1C#CCO)c1ccc(Cl)cc1O. The van der Waals surface area contributed by atoms with Gasteiger partial charge in [-0.25, -0.2) is 0 Å². The molecular weight excluding hydrogens is 290 g/mol. The summed E-state index contributed by atoms with van der Waals surface area (Å²) in [6.45, 7) is -0.264. The third kappa shape index (κ3) is 3.76. The van der Waals surface area contributed by atoms with Crippen molar-refractivity contribution < 1.29 is 15.0 Å². The zero-order valence-electron chi connectivity index (χ0n) is 10.9. The lowest BCUT2D eigenvalue weighted by Crippen LogP contribution is -2.13. The molecule has 106 valence electrons. The van der Waals surface area contributed by atoms with Crippen LogP contribution in [-0.2, 0) is 0 Å². The summed E-state index contributed by atoms with van der Waals surface area (Å²) in [5.41, 5.74) is 1.19. The molecule has 0 saturated heterocycles. The second-order valence-corrected chi connectivity index (χ2v) is 4.56. The van der Waals surface area contributed by atoms with E-state index >= 15 is 0 Å². The van der Waals surface area contributed by atoms with Crippen molar-refractivity contribution >= 4 is 23.2 Å². The maximum atomic E-state index is 12.2. The fourth-order valence-electron chi connectivity index (χ4n) is 1.72. The van der Waals surface area contributed by atoms with Crippen LogP contribution in [0.3, 0.4) is 0 Å². The number of halogens is 1. The number of aliphatic hydroxyl groups excluding tert-OH is 1. The normalized spacial score (nSPS) is 9.62. The van der Waals surface area contributed by atoms with Crippen molar-refractivity contribution in [3.8, 4) is 17.6 Å². The minimum absolute atomic E-state index is 0.115. The summed E-state index contributed by atoms with van der Waals surface area (Å²) in [7, 11) is 0. The quantitative estimate of drug-likeness (QED) is 0.747. The fourth-order valence-corrected chi connectivity index (χ4v) is 1.89. The Kier molecular flexibility index (Phi) is 4.83. The first-order chi connectivity index (χ1) is 10.1. The van der Waals surface area contributed by atoms with E-state index in [2.05, 4.69) is 17.2 Å². The van der Waals surface area contributed by atoms with Crippen molar-refractivity contribution in [2.75, 3.05) is 11.9 Å². The Balaban J connectivity index is 2.27. The number of phenolic OH excluding ortho intramolecular Hbond substituents is 1. The summed E-state index contributed by atoms with van der Waals surface area (Å²) in [4.78, 5) is 12.2. The van der Waals surface area contributed by atoms with E-state index < -0.39 is 5.91 Å². The van der Waals surface area contributed by atoms with Gasteiger partial charge in [0.05, 0.1) is 11.3 Å². The molecule has 2 aromatic carbocycles. The molecule has 0 atom stereocenters. The summed E-state index contributed by atoms with van der Waals surface area (Å²) in [5, 5.41) is 21.5. The average molecular weight is 302 g/mol. The van der Waals surface area contributed by atoms with E-state index in [0.717, 1.165) is 0 Å². The Bertz CT molecular complexity index is 732. The van der Waals surface area contributed by atoms with Crippen molar-refractivity contribution in [3.05, 3.63) is 58.6 Å². The van der Waals surface area contributed by atoms with Crippen LogP contribution in [-0.4, -0.2) is 22.7 Å². The molecule has 0 aliphatic rings. The van der Waals surface area contributed by atoms with Crippen molar-refractivity contribution in [2.45, 2.75) is 0 Å². The number of benzene rings is 2. The van der Waals surface area contributed by atoms with Crippen LogP contribution in [0, 0.1) is 11.8 Å². The number of nitrogens with one attached hydrogen (secondary N) is 1. The van der Waals surface area contributed by atoms with Gasteiger partial charge in [-0.15, -0.1) is 0 Å². The lowest BCUT2D eigenvalue weighted by Gasteiger charge is -2.08. The highest BCUT2D eigenvalue weighted by atomic mass is 35.5. The molecule has 0 fully saturated rings. The smallest absolute Gasteiger partial charge is 0.259 e. The summed E-state index contributed by atoms with van der Waals surface area (Å²) in [6, 6.07) is 11.2. The molecule has 2 rings (SSSR count). The van der Waals surface area contributed by atoms with Gasteiger partial charge in [0, 0.05) is 10.6 Å². The number of hydrogen-bond donors (Lipinski definition) is 3. The van der Waals surface area contributed by atoms with Crippen molar-refractivity contribution in [3.63, 3.8) is 0 Å². The monoisotopic (exact) mass is 301 g/mol. The van der Waals surface area contributed by atoms with E-state index in [9.17, 15) is 9.90 Å². The van der Waals surface area contributed by atoms with Crippen LogP contribution in [0.4, 0.5) is 5.69 Å². The first-order valence-corrected chi connectivity index (χ1v) is 6.48. The van der Waals surface area contributed by atoms with Crippen molar-refractivity contribution in [2.24, 2.45) is 0 Å². The minimum Gasteiger partial charge on any atom is -0.507 e. The van der Waals surface area contributed by atoms with Crippen molar-refractivity contribution in [1.29, 1.82) is 0 Å². The summed E-state index contributed by atoms with van der Waals surface area (Å²) >= 11 is 5.73. The number of carbonyl (C=O) groups is 1. The maximum absolute atomic E-state index is 12.2. The highest BCUT2D eigenvalue weighted by Crippen LogP contribution is 2.23. The molecule has 0 spiro atoms. The number of carbonyl (C=O) groups excluding carboxylic acids is 1. The van der Waals surface area contributed by atoms with Crippen LogP contribution in [0.25, 0.3) is 0 Å². The molecule has 0 aromatic heterocycles. The number of para-hydroxylation sites is 1. The Hall–Kier alpha value is -2.48. The Morgan fingerprint density at radius 3 is 2.71 bits per heavy atom. The van der Waals surface area contributed by atoms with Gasteiger partial charge in [0.2, 0.25) is 0 Å². The summed E-state index contributed by atoms with van der Waals surface area (Å²) in [5.74, 6) is 4.60. The maximum Gasteiger partial charge on any atom is 0.259 e. The van der Waals surface area contributed by atoms with Gasteiger partial charge in [0.1, 0.15) is 12.4 Å². The molecule has 2 aromatic rings. The number of phenols is 1. The van der Waals surface area contributed by atoms with Gasteiger partial charge >= 0.3 is 0 Å². The van der Waals surface area contributed by atoms with Gasteiger partial charge < -0.3 is 15.5 Å². The van der Waals surface area contributed by atoms with Crippen LogP contribution in [0.2, 0.25) is 5.02 Å². The molecule has 0 radical (unpaired) electrons. The highest BCUT2D eigenvalue weighted by Gasteiger charge is 2.12. The lowest BCUT2D eigenvalue weighted by atomic mass is 10.1. The molecule has 21 heavy (non-hydrogen) atoms. The Morgan fingerprint density at radius 1 is 1.24 bits per heavy atom. The molecule has 1 amide bonds. The number of aromatic hydroxyl groups is 1. The number of rotatable bonds is 2. The topological polar surface area (TPSA) is 69.6 Å². The molecule has 5 heteroatoms. The van der Waals surface area contributed by atoms with E-state index in [1.54, 1.807) is 24.3 Å². The second-order valence-electron chi connectivity index (χ2n) is 4.12. The van der Waals surface area contributed by atoms with Crippen LogP contribution in [0.1, 0.15) is 15.9 Å². The fraction of sp³-hybridized carbons (Fsp3) is 0.0625. The van der Waals surface area contributed by atoms with Crippen LogP contribution < -0.4 is 5.32 Å². The minimum atomic E-state index is -0.470. The number of anilines is 1. The zero-order chi connectivity index (χ0) is 15.2. The third-order valence-corrected chi connectivity index (χ3v) is 2.92. The number of hydrogen-bond acceptors (Lipinski definition) is 3. The van der Waals surface area contributed by atoms with Crippen LogP contribution in [0.5, 0.6) is 5.75 Å². The zero-order valence-corrected chi connectivity index (χ0v) is 11.7. The van der Waals surface area contributed by atoms with Gasteiger partial charge in [-0.2, -0.15) is 0 Å². The van der Waals surface area contributed by atoms with Crippen LogP contribution in [0.15, 0.2) is 42.5 Å². The van der Waals surface area contributed by atoms with Gasteiger partial charge in [-0.05, 0) is 30.3 Å². The summed E-state index contributed by atoms with van der Waals surface area (Å²) in [6.07, 6.45) is 0. The van der Waals surface area contributed by atoms with E-state index in [1.807, 2.05) is 0 Å². The third-order valence-electron chi connectivity index (χ3n) is 2.68. The van der Waals surface area contributed by atoms with E-state index in [4.69, 9.17) is 16.7 Å². The molecular formula is C16H12ClNO3. The van der Waals surface area contributed by atoms with Crippen LogP contribution >= 0.6 is 11.6 Å². The van der Waals surface area contributed by atoms with E-state index in [0.29, 0.717) is 16.3 Å². The van der Waals surface area contributed by atoms with Gasteiger partial charge in [-0.1, -0.05) is 35.6 Å². The first kappa shape index (κ1) is 14.9. The molecule has 0 bridgehead atoms. The predicted molar refractivity (Wildman–Crippen MR) is 81.5 cm³/mol. The summed E-state index contributed by atoms with van der Waals surface area (Å²) < 4.78 is 0. The average Bonchev–Trinajstić information content (AvgIpc) is 2.46. The van der Waals surface area contributed by atoms with Gasteiger partial charge in [0.15, 0.2) is 0 Å².